The fourth-order valence-corrected chi connectivity index (χ4v) is 3.89. The Morgan fingerprint density at radius 3 is 2.00 bits per heavy atom. The summed E-state index contributed by atoms with van der Waals surface area (Å²) in [5.74, 6) is 0. The largest absolute Gasteiger partial charge is 0.0859 e. The minimum Gasteiger partial charge on any atom is -0.0650 e. The molecule has 2 aromatic carbocycles. The summed E-state index contributed by atoms with van der Waals surface area (Å²) in [4.78, 5) is 0. The highest BCUT2D eigenvalue weighted by Gasteiger charge is 2.36. The number of hydrogen-bond acceptors (Lipinski definition) is 0. The van der Waals surface area contributed by atoms with Gasteiger partial charge in [0.2, 0.25) is 0 Å². The van der Waals surface area contributed by atoms with Gasteiger partial charge >= 0.3 is 0 Å². The fourth-order valence-electron chi connectivity index (χ4n) is 2.01. The van der Waals surface area contributed by atoms with Crippen LogP contribution < -0.4 is 5.19 Å². The average molecular weight is 242 g/mol. The molecule has 17 heavy (non-hydrogen) atoms. The molecule has 0 N–H and O–H groups in total. The normalized spacial score (nSPS) is 13.0. The van der Waals surface area contributed by atoms with Gasteiger partial charge in [0.1, 0.15) is 0 Å². The lowest BCUT2D eigenvalue weighted by Gasteiger charge is -2.37. The Bertz CT molecular complexity index is 532. The van der Waals surface area contributed by atoms with Crippen LogP contribution >= 0.6 is 0 Å². The van der Waals surface area contributed by atoms with Gasteiger partial charge in [0, 0.05) is 0 Å². The van der Waals surface area contributed by atoms with Crippen molar-refractivity contribution in [3.8, 4) is 0 Å². The van der Waals surface area contributed by atoms with Crippen molar-refractivity contribution in [2.24, 2.45) is 0 Å². The van der Waals surface area contributed by atoms with Gasteiger partial charge in [0.15, 0.2) is 0 Å². The Kier molecular flexibility index (Phi) is 2.90. The summed E-state index contributed by atoms with van der Waals surface area (Å²) >= 11 is 0. The molecule has 0 fully saturated rings. The van der Waals surface area contributed by atoms with Crippen LogP contribution in [0.3, 0.4) is 0 Å². The monoisotopic (exact) mass is 242 g/mol. The Morgan fingerprint density at radius 2 is 1.41 bits per heavy atom. The molecule has 0 radical (unpaired) electrons. The molecule has 2 aromatic rings. The van der Waals surface area contributed by atoms with Crippen LogP contribution in [0.1, 0.15) is 20.8 Å². The Hall–Kier alpha value is -1.08. The van der Waals surface area contributed by atoms with Crippen LogP contribution in [-0.2, 0) is 0 Å². The van der Waals surface area contributed by atoms with Crippen molar-refractivity contribution in [3.05, 3.63) is 42.5 Å². The average Bonchev–Trinajstić information content (AvgIpc) is 2.27. The lowest BCUT2D eigenvalue weighted by Crippen LogP contribution is -2.49. The van der Waals surface area contributed by atoms with E-state index in [2.05, 4.69) is 76.3 Å². The molecule has 0 amide bonds. The molecule has 0 spiro atoms. The first kappa shape index (κ1) is 12.4. The predicted octanol–water partition coefficient (Wildman–Crippen LogP) is 4.56. The Labute approximate surface area is 106 Å². The summed E-state index contributed by atoms with van der Waals surface area (Å²) in [6, 6.07) is 15.6. The van der Waals surface area contributed by atoms with E-state index in [1.807, 2.05) is 0 Å². The molecule has 0 nitrogen and oxygen atoms in total. The molecule has 0 saturated heterocycles. The van der Waals surface area contributed by atoms with Gasteiger partial charge in [-0.3, -0.25) is 0 Å². The van der Waals surface area contributed by atoms with Gasteiger partial charge in [-0.2, -0.15) is 0 Å². The van der Waals surface area contributed by atoms with Gasteiger partial charge in [-0.05, 0) is 15.8 Å². The molecule has 0 aliphatic heterocycles. The maximum atomic E-state index is 2.47. The number of rotatable bonds is 1. The highest BCUT2D eigenvalue weighted by atomic mass is 28.3. The summed E-state index contributed by atoms with van der Waals surface area (Å²) in [6.45, 7) is 12.0. The molecule has 0 atom stereocenters. The van der Waals surface area contributed by atoms with E-state index in [9.17, 15) is 0 Å². The molecule has 90 valence electrons. The van der Waals surface area contributed by atoms with E-state index >= 15 is 0 Å². The predicted molar refractivity (Wildman–Crippen MR) is 80.8 cm³/mol. The van der Waals surface area contributed by atoms with Crippen molar-refractivity contribution in [2.45, 2.75) is 38.9 Å². The second-order valence-corrected chi connectivity index (χ2v) is 11.8. The maximum absolute atomic E-state index is 2.47. The quantitative estimate of drug-likeness (QED) is 0.643. The topological polar surface area (TPSA) is 0 Å². The SMILES string of the molecule is CC(C)(C)[Si](C)(C)c1ccc2ccccc2c1. The second kappa shape index (κ2) is 3.99. The molecule has 0 aliphatic rings. The van der Waals surface area contributed by atoms with Crippen LogP contribution in [0.4, 0.5) is 0 Å². The smallest absolute Gasteiger partial charge is 0.0650 e. The molecule has 1 heteroatoms. The maximum Gasteiger partial charge on any atom is 0.0859 e. The Morgan fingerprint density at radius 1 is 0.824 bits per heavy atom. The third kappa shape index (κ3) is 2.16. The highest BCUT2D eigenvalue weighted by molar-refractivity contribution is 6.92. The van der Waals surface area contributed by atoms with Crippen molar-refractivity contribution >= 4 is 24.0 Å². The van der Waals surface area contributed by atoms with E-state index in [1.54, 1.807) is 5.19 Å². The molecule has 0 heterocycles. The third-order valence-electron chi connectivity index (χ3n) is 4.35. The van der Waals surface area contributed by atoms with Crippen molar-refractivity contribution in [2.75, 3.05) is 0 Å². The van der Waals surface area contributed by atoms with Crippen molar-refractivity contribution in [1.29, 1.82) is 0 Å². The van der Waals surface area contributed by atoms with Crippen LogP contribution in [0.25, 0.3) is 10.8 Å². The van der Waals surface area contributed by atoms with E-state index in [4.69, 9.17) is 0 Å². The van der Waals surface area contributed by atoms with Crippen LogP contribution in [0.2, 0.25) is 18.1 Å². The van der Waals surface area contributed by atoms with E-state index in [-0.39, 0.29) is 0 Å². The van der Waals surface area contributed by atoms with Crippen molar-refractivity contribution in [3.63, 3.8) is 0 Å². The Balaban J connectivity index is 2.57. The van der Waals surface area contributed by atoms with Gasteiger partial charge < -0.3 is 0 Å². The van der Waals surface area contributed by atoms with Crippen LogP contribution in [0.15, 0.2) is 42.5 Å². The summed E-state index contributed by atoms with van der Waals surface area (Å²) in [5.41, 5.74) is 0. The second-order valence-electron chi connectivity index (χ2n) is 6.44. The summed E-state index contributed by atoms with van der Waals surface area (Å²) in [6.07, 6.45) is 0. The van der Waals surface area contributed by atoms with Crippen LogP contribution in [0.5, 0.6) is 0 Å². The first-order valence-electron chi connectivity index (χ1n) is 6.32. The molecule has 2 rings (SSSR count). The molecule has 0 aliphatic carbocycles. The van der Waals surface area contributed by atoms with Crippen LogP contribution in [-0.4, -0.2) is 8.07 Å². The summed E-state index contributed by atoms with van der Waals surface area (Å²) in [5, 5.41) is 4.67. The minimum atomic E-state index is -1.40. The van der Waals surface area contributed by atoms with Crippen molar-refractivity contribution in [1.82, 2.24) is 0 Å². The zero-order chi connectivity index (χ0) is 12.7. The van der Waals surface area contributed by atoms with E-state index in [0.29, 0.717) is 5.04 Å². The zero-order valence-corrected chi connectivity index (χ0v) is 12.5. The third-order valence-corrected chi connectivity index (χ3v) is 9.85. The van der Waals surface area contributed by atoms with E-state index in [1.165, 1.54) is 10.8 Å². The van der Waals surface area contributed by atoms with E-state index in [0.717, 1.165) is 0 Å². The fraction of sp³-hybridized carbons (Fsp3) is 0.375. The standard InChI is InChI=1S/C16H22Si/c1-16(2,3)17(4,5)15-11-10-13-8-6-7-9-14(13)12-15/h6-12H,1-5H3. The first-order valence-corrected chi connectivity index (χ1v) is 9.32. The minimum absolute atomic E-state index is 0.398. The lowest BCUT2D eigenvalue weighted by atomic mass is 10.1. The van der Waals surface area contributed by atoms with Crippen molar-refractivity contribution < 1.29 is 0 Å². The first-order chi connectivity index (χ1) is 7.82. The van der Waals surface area contributed by atoms with Gasteiger partial charge in [-0.15, -0.1) is 0 Å². The van der Waals surface area contributed by atoms with E-state index < -0.39 is 8.07 Å². The van der Waals surface area contributed by atoms with Gasteiger partial charge in [0.25, 0.3) is 0 Å². The summed E-state index contributed by atoms with van der Waals surface area (Å²) < 4.78 is 0. The van der Waals surface area contributed by atoms with Gasteiger partial charge in [0.05, 0.1) is 8.07 Å². The molecule has 0 unspecified atom stereocenters. The van der Waals surface area contributed by atoms with Crippen LogP contribution in [0, 0.1) is 0 Å². The zero-order valence-electron chi connectivity index (χ0n) is 11.5. The molecule has 0 bridgehead atoms. The molecule has 0 saturated carbocycles. The van der Waals surface area contributed by atoms with Gasteiger partial charge in [-0.1, -0.05) is 81.5 Å². The highest BCUT2D eigenvalue weighted by Crippen LogP contribution is 2.35. The molecular formula is C16H22Si. The number of benzene rings is 2. The van der Waals surface area contributed by atoms with Gasteiger partial charge in [-0.25, -0.2) is 0 Å². The summed E-state index contributed by atoms with van der Waals surface area (Å²) in [7, 11) is -1.40. The number of hydrogen-bond donors (Lipinski definition) is 0. The molecular weight excluding hydrogens is 220 g/mol. The molecule has 0 aromatic heterocycles. The lowest BCUT2D eigenvalue weighted by molar-refractivity contribution is 0.729. The number of fused-ring (bicyclic) bond motifs is 1.